The number of hydrogen-bond acceptors (Lipinski definition) is 2. The zero-order valence-corrected chi connectivity index (χ0v) is 11.9. The van der Waals surface area contributed by atoms with E-state index < -0.39 is 23.0 Å². The van der Waals surface area contributed by atoms with Crippen molar-refractivity contribution >= 4 is 5.78 Å². The van der Waals surface area contributed by atoms with Gasteiger partial charge in [-0.3, -0.25) is 4.79 Å². The number of nitrogens with zero attached hydrogens (tertiary/aromatic N) is 1. The maximum atomic E-state index is 13.6. The fourth-order valence-electron chi connectivity index (χ4n) is 3.72. The topological polar surface area (TPSA) is 20.3 Å². The van der Waals surface area contributed by atoms with E-state index in [1.54, 1.807) is 0 Å². The van der Waals surface area contributed by atoms with Crippen LogP contribution < -0.4 is 0 Å². The second kappa shape index (κ2) is 5.44. The van der Waals surface area contributed by atoms with Crippen LogP contribution in [0.3, 0.4) is 0 Å². The van der Waals surface area contributed by atoms with Crippen molar-refractivity contribution in [2.75, 3.05) is 7.05 Å². The third kappa shape index (κ3) is 2.59. The lowest BCUT2D eigenvalue weighted by atomic mass is 9.85. The van der Waals surface area contributed by atoms with Crippen LogP contribution in [-0.2, 0) is 11.2 Å². The summed E-state index contributed by atoms with van der Waals surface area (Å²) in [6.45, 7) is 0. The van der Waals surface area contributed by atoms with Crippen LogP contribution in [0, 0.1) is 23.4 Å². The smallest absolute Gasteiger partial charge is 0.165 e. The third-order valence-corrected chi connectivity index (χ3v) is 5.04. The number of carbonyl (C=O) groups is 1. The second-order valence-electron chi connectivity index (χ2n) is 6.18. The van der Waals surface area contributed by atoms with Crippen LogP contribution >= 0.6 is 0 Å². The van der Waals surface area contributed by atoms with Gasteiger partial charge in [-0.15, -0.1) is 0 Å². The number of rotatable bonds is 3. The molecule has 0 spiro atoms. The van der Waals surface area contributed by atoms with E-state index in [0.717, 1.165) is 37.8 Å². The molecule has 0 N–H and O–H groups in total. The van der Waals surface area contributed by atoms with Crippen molar-refractivity contribution in [3.63, 3.8) is 0 Å². The van der Waals surface area contributed by atoms with Gasteiger partial charge in [0.15, 0.2) is 11.6 Å². The average molecular weight is 297 g/mol. The Labute approximate surface area is 121 Å². The first-order valence-electron chi connectivity index (χ1n) is 7.34. The van der Waals surface area contributed by atoms with Crippen LogP contribution in [0.2, 0.25) is 0 Å². The van der Waals surface area contributed by atoms with Crippen molar-refractivity contribution in [1.29, 1.82) is 0 Å². The molecule has 2 atom stereocenters. The number of benzene rings is 1. The van der Waals surface area contributed by atoms with E-state index in [-0.39, 0.29) is 18.1 Å². The van der Waals surface area contributed by atoms with Gasteiger partial charge in [-0.2, -0.15) is 0 Å². The highest BCUT2D eigenvalue weighted by Gasteiger charge is 2.40. The van der Waals surface area contributed by atoms with Gasteiger partial charge in [-0.25, -0.2) is 13.2 Å². The van der Waals surface area contributed by atoms with Gasteiger partial charge in [-0.1, -0.05) is 0 Å². The summed E-state index contributed by atoms with van der Waals surface area (Å²) in [5, 5.41) is 0. The minimum atomic E-state index is -1.24. The summed E-state index contributed by atoms with van der Waals surface area (Å²) in [7, 11) is 2.06. The highest BCUT2D eigenvalue weighted by atomic mass is 19.2. The molecule has 5 heteroatoms. The number of fused-ring (bicyclic) bond motifs is 2. The Morgan fingerprint density at radius 3 is 2.33 bits per heavy atom. The lowest BCUT2D eigenvalue weighted by Crippen LogP contribution is -2.42. The Morgan fingerprint density at radius 1 is 1.14 bits per heavy atom. The SMILES string of the molecule is CN1C2CCC1CC(C(=O)Cc1c(F)ccc(F)c1F)C2. The number of carbonyl (C=O) groups excluding carboxylic acids is 1. The molecule has 2 heterocycles. The number of ketones is 1. The molecule has 2 fully saturated rings. The fourth-order valence-corrected chi connectivity index (χ4v) is 3.72. The van der Waals surface area contributed by atoms with Crippen LogP contribution in [-0.4, -0.2) is 29.8 Å². The molecule has 2 aliphatic rings. The van der Waals surface area contributed by atoms with E-state index in [0.29, 0.717) is 12.1 Å². The summed E-state index contributed by atoms with van der Waals surface area (Å²) in [5.74, 6) is -3.54. The van der Waals surface area contributed by atoms with E-state index in [9.17, 15) is 18.0 Å². The normalized spacial score (nSPS) is 28.9. The van der Waals surface area contributed by atoms with Gasteiger partial charge in [0, 0.05) is 30.0 Å². The molecule has 2 nitrogen and oxygen atoms in total. The lowest BCUT2D eigenvalue weighted by Gasteiger charge is -2.35. The van der Waals surface area contributed by atoms with Crippen LogP contribution in [0.4, 0.5) is 13.2 Å². The predicted octanol–water partition coefficient (Wildman–Crippen LogP) is 3.09. The molecule has 0 aliphatic carbocycles. The predicted molar refractivity (Wildman–Crippen MR) is 72.3 cm³/mol. The van der Waals surface area contributed by atoms with E-state index in [1.807, 2.05) is 0 Å². The van der Waals surface area contributed by atoms with E-state index >= 15 is 0 Å². The number of piperidine rings is 1. The van der Waals surface area contributed by atoms with Gasteiger partial charge in [0.25, 0.3) is 0 Å². The monoisotopic (exact) mass is 297 g/mol. The van der Waals surface area contributed by atoms with E-state index in [4.69, 9.17) is 0 Å². The quantitative estimate of drug-likeness (QED) is 0.799. The van der Waals surface area contributed by atoms with Gasteiger partial charge in [0.1, 0.15) is 11.6 Å². The van der Waals surface area contributed by atoms with Crippen molar-refractivity contribution in [2.24, 2.45) is 5.92 Å². The van der Waals surface area contributed by atoms with Crippen LogP contribution in [0.1, 0.15) is 31.2 Å². The summed E-state index contributed by atoms with van der Waals surface area (Å²) in [4.78, 5) is 14.6. The Bertz CT molecular complexity index is 561. The average Bonchev–Trinajstić information content (AvgIpc) is 2.68. The zero-order chi connectivity index (χ0) is 15.1. The van der Waals surface area contributed by atoms with Crippen LogP contribution in [0.5, 0.6) is 0 Å². The molecule has 3 rings (SSSR count). The summed E-state index contributed by atoms with van der Waals surface area (Å²) >= 11 is 0. The fraction of sp³-hybridized carbons (Fsp3) is 0.562. The Morgan fingerprint density at radius 2 is 1.71 bits per heavy atom. The first-order chi connectivity index (χ1) is 9.97. The molecule has 2 aliphatic heterocycles. The van der Waals surface area contributed by atoms with Gasteiger partial charge >= 0.3 is 0 Å². The molecule has 0 saturated carbocycles. The van der Waals surface area contributed by atoms with Gasteiger partial charge in [-0.05, 0) is 44.9 Å². The standard InChI is InChI=1S/C16H18F3NO/c1-20-10-2-3-11(20)7-9(6-10)15(21)8-12-13(17)4-5-14(18)16(12)19/h4-5,9-11H,2-3,6-8H2,1H3. The Balaban J connectivity index is 1.75. The Kier molecular flexibility index (Phi) is 3.78. The molecule has 21 heavy (non-hydrogen) atoms. The molecule has 0 radical (unpaired) electrons. The van der Waals surface area contributed by atoms with Crippen molar-refractivity contribution in [3.05, 3.63) is 35.1 Å². The first-order valence-corrected chi connectivity index (χ1v) is 7.34. The molecule has 114 valence electrons. The first kappa shape index (κ1) is 14.6. The molecule has 2 unspecified atom stereocenters. The molecular weight excluding hydrogens is 279 g/mol. The molecule has 0 amide bonds. The highest BCUT2D eigenvalue weighted by molar-refractivity contribution is 5.83. The molecule has 2 saturated heterocycles. The zero-order valence-electron chi connectivity index (χ0n) is 11.9. The summed E-state index contributed by atoms with van der Waals surface area (Å²) in [6.07, 6.45) is 3.28. The molecule has 0 aromatic heterocycles. The van der Waals surface area contributed by atoms with Crippen LogP contribution in [0.25, 0.3) is 0 Å². The van der Waals surface area contributed by atoms with Crippen LogP contribution in [0.15, 0.2) is 12.1 Å². The van der Waals surface area contributed by atoms with Crippen molar-refractivity contribution in [3.8, 4) is 0 Å². The summed E-state index contributed by atoms with van der Waals surface area (Å²) < 4.78 is 40.4. The largest absolute Gasteiger partial charge is 0.300 e. The summed E-state index contributed by atoms with van der Waals surface area (Å²) in [5.41, 5.74) is -0.439. The van der Waals surface area contributed by atoms with Gasteiger partial charge in [0.05, 0.1) is 0 Å². The molecule has 1 aromatic rings. The summed E-state index contributed by atoms with van der Waals surface area (Å²) in [6, 6.07) is 2.40. The Hall–Kier alpha value is -1.36. The maximum absolute atomic E-state index is 13.6. The minimum absolute atomic E-state index is 0.166. The van der Waals surface area contributed by atoms with Crippen molar-refractivity contribution < 1.29 is 18.0 Å². The second-order valence-corrected chi connectivity index (χ2v) is 6.18. The number of hydrogen-bond donors (Lipinski definition) is 0. The van der Waals surface area contributed by atoms with Crippen molar-refractivity contribution in [1.82, 2.24) is 4.90 Å². The van der Waals surface area contributed by atoms with E-state index in [2.05, 4.69) is 11.9 Å². The molecular formula is C16H18F3NO. The van der Waals surface area contributed by atoms with E-state index in [1.165, 1.54) is 0 Å². The number of Topliss-reactive ketones (excluding diaryl/α,β-unsaturated/α-hetero) is 1. The van der Waals surface area contributed by atoms with Crippen molar-refractivity contribution in [2.45, 2.75) is 44.2 Å². The molecule has 1 aromatic carbocycles. The maximum Gasteiger partial charge on any atom is 0.165 e. The lowest BCUT2D eigenvalue weighted by molar-refractivity contribution is -0.124. The third-order valence-electron chi connectivity index (χ3n) is 5.04. The highest BCUT2D eigenvalue weighted by Crippen LogP contribution is 2.38. The van der Waals surface area contributed by atoms with Gasteiger partial charge < -0.3 is 4.90 Å². The van der Waals surface area contributed by atoms with Gasteiger partial charge in [0.2, 0.25) is 0 Å². The minimum Gasteiger partial charge on any atom is -0.300 e. The number of halogens is 3. The molecule has 2 bridgehead atoms.